The van der Waals surface area contributed by atoms with Crippen molar-refractivity contribution in [3.05, 3.63) is 23.5 Å². The quantitative estimate of drug-likeness (QED) is 0.768. The Hall–Kier alpha value is -1.66. The van der Waals surface area contributed by atoms with Crippen molar-refractivity contribution in [2.75, 3.05) is 17.2 Å². The second-order valence-electron chi connectivity index (χ2n) is 5.68. The van der Waals surface area contributed by atoms with Gasteiger partial charge in [0.1, 0.15) is 5.82 Å². The maximum absolute atomic E-state index is 14.2. The molecule has 0 bridgehead atoms. The zero-order valence-electron chi connectivity index (χ0n) is 13.4. The average Bonchev–Trinajstić information content (AvgIpc) is 2.51. The zero-order valence-corrected chi connectivity index (χ0v) is 14.2. The van der Waals surface area contributed by atoms with E-state index in [4.69, 9.17) is 5.73 Å². The molecule has 1 heterocycles. The number of amides is 2. The fourth-order valence-electron chi connectivity index (χ4n) is 2.70. The van der Waals surface area contributed by atoms with Crippen LogP contribution in [0.1, 0.15) is 38.7 Å². The van der Waals surface area contributed by atoms with Crippen LogP contribution in [0.2, 0.25) is 0 Å². The summed E-state index contributed by atoms with van der Waals surface area (Å²) in [6.07, 6.45) is 2.01. The number of benzene rings is 1. The number of carbonyl (C=O) groups is 2. The van der Waals surface area contributed by atoms with Crippen molar-refractivity contribution in [2.45, 2.75) is 39.5 Å². The molecule has 1 aliphatic heterocycles. The Kier molecular flexibility index (Phi) is 6.53. The topological polar surface area (TPSA) is 84.2 Å². The van der Waals surface area contributed by atoms with Crippen LogP contribution in [0.15, 0.2) is 12.1 Å². The number of halogens is 2. The molecule has 23 heavy (non-hydrogen) atoms. The van der Waals surface area contributed by atoms with Gasteiger partial charge >= 0.3 is 0 Å². The first-order valence-corrected chi connectivity index (χ1v) is 7.59. The summed E-state index contributed by atoms with van der Waals surface area (Å²) in [6.45, 7) is 3.98. The summed E-state index contributed by atoms with van der Waals surface area (Å²) in [5, 5.41) is 5.32. The van der Waals surface area contributed by atoms with Gasteiger partial charge in [-0.05, 0) is 37.0 Å². The Morgan fingerprint density at radius 3 is 2.57 bits per heavy atom. The lowest BCUT2D eigenvalue weighted by molar-refractivity contribution is -0.125. The number of hydrogen-bond donors (Lipinski definition) is 3. The van der Waals surface area contributed by atoms with Gasteiger partial charge in [-0.1, -0.05) is 13.8 Å². The summed E-state index contributed by atoms with van der Waals surface area (Å²) < 4.78 is 14.2. The van der Waals surface area contributed by atoms with Crippen molar-refractivity contribution in [3.8, 4) is 0 Å². The lowest BCUT2D eigenvalue weighted by atomic mass is 9.81. The molecule has 0 aliphatic carbocycles. The number of fused-ring (bicyclic) bond motifs is 1. The van der Waals surface area contributed by atoms with E-state index >= 15 is 0 Å². The van der Waals surface area contributed by atoms with Gasteiger partial charge in [-0.2, -0.15) is 0 Å². The number of nitrogens with two attached hydrogens (primary N) is 1. The minimum atomic E-state index is -0.703. The predicted octanol–water partition coefficient (Wildman–Crippen LogP) is 2.84. The first-order valence-electron chi connectivity index (χ1n) is 7.59. The molecule has 0 fully saturated rings. The third-order valence-corrected chi connectivity index (χ3v) is 4.56. The van der Waals surface area contributed by atoms with E-state index in [9.17, 15) is 14.0 Å². The zero-order chi connectivity index (χ0) is 16.3. The van der Waals surface area contributed by atoms with E-state index in [-0.39, 0.29) is 36.5 Å². The van der Waals surface area contributed by atoms with Gasteiger partial charge in [0.2, 0.25) is 11.8 Å². The molecule has 0 saturated heterocycles. The van der Waals surface area contributed by atoms with Gasteiger partial charge in [-0.3, -0.25) is 9.59 Å². The van der Waals surface area contributed by atoms with Crippen LogP contribution in [0.25, 0.3) is 0 Å². The molecule has 0 aromatic heterocycles. The second-order valence-corrected chi connectivity index (χ2v) is 5.68. The molecule has 128 valence electrons. The van der Waals surface area contributed by atoms with Gasteiger partial charge in [0, 0.05) is 18.7 Å². The SMILES string of the molecule is CCC(CC)(CN)C(=O)Nc1cc2c(cc1F)CCC(=O)N2.Cl. The van der Waals surface area contributed by atoms with Crippen molar-refractivity contribution in [1.29, 1.82) is 0 Å². The molecule has 0 atom stereocenters. The summed E-state index contributed by atoms with van der Waals surface area (Å²) in [4.78, 5) is 23.9. The molecule has 0 spiro atoms. The Balaban J connectivity index is 0.00000264. The smallest absolute Gasteiger partial charge is 0.231 e. The number of carbonyl (C=O) groups excluding carboxylic acids is 2. The maximum atomic E-state index is 14.2. The van der Waals surface area contributed by atoms with E-state index in [0.29, 0.717) is 31.4 Å². The molecule has 1 aliphatic rings. The standard InChI is InChI=1S/C16H22FN3O2.ClH/c1-3-16(4-2,9-18)15(22)20-13-8-12-10(7-11(13)17)5-6-14(21)19-12;/h7-8H,3-6,9,18H2,1-2H3,(H,19,21)(H,20,22);1H. The number of aryl methyl sites for hydroxylation is 1. The van der Waals surface area contributed by atoms with E-state index in [1.807, 2.05) is 13.8 Å². The normalized spacial score (nSPS) is 13.7. The second kappa shape index (κ2) is 7.75. The van der Waals surface area contributed by atoms with Crippen LogP contribution in [0.4, 0.5) is 15.8 Å². The lowest BCUT2D eigenvalue weighted by Crippen LogP contribution is -2.41. The third-order valence-electron chi connectivity index (χ3n) is 4.56. The number of anilines is 2. The highest BCUT2D eigenvalue weighted by Crippen LogP contribution is 2.31. The largest absolute Gasteiger partial charge is 0.329 e. The van der Waals surface area contributed by atoms with Crippen LogP contribution in [0.3, 0.4) is 0 Å². The van der Waals surface area contributed by atoms with E-state index in [1.54, 1.807) is 0 Å². The molecule has 7 heteroatoms. The van der Waals surface area contributed by atoms with Gasteiger partial charge in [-0.25, -0.2) is 4.39 Å². The van der Waals surface area contributed by atoms with Crippen molar-refractivity contribution < 1.29 is 14.0 Å². The average molecular weight is 344 g/mol. The molecule has 1 aromatic carbocycles. The summed E-state index contributed by atoms with van der Waals surface area (Å²) in [7, 11) is 0. The Bertz CT molecular complexity index is 595. The van der Waals surface area contributed by atoms with Crippen LogP contribution >= 0.6 is 12.4 Å². The molecule has 4 N–H and O–H groups in total. The highest BCUT2D eigenvalue weighted by atomic mass is 35.5. The molecule has 1 aromatic rings. The lowest BCUT2D eigenvalue weighted by Gasteiger charge is -2.29. The predicted molar refractivity (Wildman–Crippen MR) is 91.3 cm³/mol. The minimum Gasteiger partial charge on any atom is -0.329 e. The molecule has 0 radical (unpaired) electrons. The minimum absolute atomic E-state index is 0. The van der Waals surface area contributed by atoms with Crippen molar-refractivity contribution in [2.24, 2.45) is 11.1 Å². The van der Waals surface area contributed by atoms with Gasteiger partial charge in [-0.15, -0.1) is 12.4 Å². The molecule has 5 nitrogen and oxygen atoms in total. The highest BCUT2D eigenvalue weighted by Gasteiger charge is 2.34. The first kappa shape index (κ1) is 19.4. The van der Waals surface area contributed by atoms with Gasteiger partial charge in [0.25, 0.3) is 0 Å². The molecular weight excluding hydrogens is 321 g/mol. The van der Waals surface area contributed by atoms with Gasteiger partial charge in [0.05, 0.1) is 11.1 Å². The number of rotatable bonds is 5. The van der Waals surface area contributed by atoms with Crippen LogP contribution in [0.5, 0.6) is 0 Å². The summed E-state index contributed by atoms with van der Waals surface area (Å²) in [5.74, 6) is -0.892. The summed E-state index contributed by atoms with van der Waals surface area (Å²) in [5.41, 5.74) is 6.41. The first-order chi connectivity index (χ1) is 10.5. The molecule has 2 rings (SSSR count). The summed E-state index contributed by atoms with van der Waals surface area (Å²) in [6, 6.07) is 2.85. The van der Waals surface area contributed by atoms with E-state index in [0.717, 1.165) is 5.56 Å². The Labute approximate surface area is 141 Å². The molecular formula is C16H23ClFN3O2. The van der Waals surface area contributed by atoms with E-state index in [2.05, 4.69) is 10.6 Å². The Morgan fingerprint density at radius 2 is 2.00 bits per heavy atom. The monoisotopic (exact) mass is 343 g/mol. The van der Waals surface area contributed by atoms with Gasteiger partial charge < -0.3 is 16.4 Å². The highest BCUT2D eigenvalue weighted by molar-refractivity contribution is 5.98. The van der Waals surface area contributed by atoms with Crippen molar-refractivity contribution in [3.63, 3.8) is 0 Å². The molecule has 0 saturated carbocycles. The maximum Gasteiger partial charge on any atom is 0.231 e. The summed E-state index contributed by atoms with van der Waals surface area (Å²) >= 11 is 0. The van der Waals surface area contributed by atoms with E-state index < -0.39 is 11.2 Å². The van der Waals surface area contributed by atoms with E-state index in [1.165, 1.54) is 12.1 Å². The Morgan fingerprint density at radius 1 is 1.35 bits per heavy atom. The third kappa shape index (κ3) is 3.82. The molecule has 2 amide bonds. The van der Waals surface area contributed by atoms with Gasteiger partial charge in [0.15, 0.2) is 0 Å². The van der Waals surface area contributed by atoms with Crippen LogP contribution in [-0.2, 0) is 16.0 Å². The number of hydrogen-bond acceptors (Lipinski definition) is 3. The number of nitrogens with one attached hydrogen (secondary N) is 2. The fraction of sp³-hybridized carbons (Fsp3) is 0.500. The van der Waals surface area contributed by atoms with Crippen LogP contribution in [0, 0.1) is 11.2 Å². The van der Waals surface area contributed by atoms with Crippen LogP contribution in [-0.4, -0.2) is 18.4 Å². The fourth-order valence-corrected chi connectivity index (χ4v) is 2.70. The van der Waals surface area contributed by atoms with Crippen molar-refractivity contribution in [1.82, 2.24) is 0 Å². The molecule has 0 unspecified atom stereocenters. The van der Waals surface area contributed by atoms with Crippen LogP contribution < -0.4 is 16.4 Å². The van der Waals surface area contributed by atoms with Crippen molar-refractivity contribution >= 4 is 35.6 Å².